The van der Waals surface area contributed by atoms with Gasteiger partial charge >= 0.3 is 91.7 Å². The van der Waals surface area contributed by atoms with Crippen LogP contribution in [0.5, 0.6) is 0 Å². The fourth-order valence-corrected chi connectivity index (χ4v) is 6.55. The van der Waals surface area contributed by atoms with Crippen molar-refractivity contribution in [1.82, 2.24) is 0 Å². The van der Waals surface area contributed by atoms with Crippen molar-refractivity contribution in [2.75, 3.05) is 0 Å². The summed E-state index contributed by atoms with van der Waals surface area (Å²) in [6.07, 6.45) is 11.7. The molecule has 2 aliphatic rings. The molecule has 0 aromatic rings. The zero-order chi connectivity index (χ0) is 9.26. The molecule has 0 spiro atoms. The van der Waals surface area contributed by atoms with E-state index < -0.39 is 22.9 Å². The Bertz CT molecular complexity index is 340. The third-order valence-corrected chi connectivity index (χ3v) is 8.93. The van der Waals surface area contributed by atoms with Gasteiger partial charge in [-0.3, -0.25) is 0 Å². The summed E-state index contributed by atoms with van der Waals surface area (Å²) >= 11 is -0.636. The summed E-state index contributed by atoms with van der Waals surface area (Å²) in [7, 11) is 0. The molecule has 0 unspecified atom stereocenters. The van der Waals surface area contributed by atoms with Crippen LogP contribution in [0.3, 0.4) is 0 Å². The maximum atomic E-state index is 2.39. The molecule has 0 fully saturated rings. The van der Waals surface area contributed by atoms with E-state index in [0.29, 0.717) is 0 Å². The molecule has 0 radical (unpaired) electrons. The Labute approximate surface area is 91.5 Å². The fourth-order valence-electron chi connectivity index (χ4n) is 1.75. The van der Waals surface area contributed by atoms with Crippen LogP contribution in [0.4, 0.5) is 0 Å². The Balaban J connectivity index is 2.10. The molecule has 0 heterocycles. The molecule has 0 aromatic carbocycles. The van der Waals surface area contributed by atoms with Crippen molar-refractivity contribution in [1.29, 1.82) is 0 Å². The van der Waals surface area contributed by atoms with Crippen molar-refractivity contribution in [3.63, 3.8) is 0 Å². The number of hydrogen-bond acceptors (Lipinski definition) is 0. The summed E-state index contributed by atoms with van der Waals surface area (Å²) in [4.78, 5) is 0. The Kier molecular flexibility index (Phi) is 2.83. The summed E-state index contributed by atoms with van der Waals surface area (Å²) in [5.74, 6) is 0. The number of allylic oxidation sites excluding steroid dienone is 8. The van der Waals surface area contributed by atoms with Gasteiger partial charge in [0.2, 0.25) is 0 Å². The van der Waals surface area contributed by atoms with Crippen molar-refractivity contribution < 1.29 is 22.9 Å². The van der Waals surface area contributed by atoms with Crippen molar-refractivity contribution in [2.45, 2.75) is 26.7 Å². The second-order valence-corrected chi connectivity index (χ2v) is 8.70. The van der Waals surface area contributed by atoms with E-state index in [1.807, 2.05) is 0 Å². The van der Waals surface area contributed by atoms with Gasteiger partial charge in [-0.1, -0.05) is 0 Å². The summed E-state index contributed by atoms with van der Waals surface area (Å²) < 4.78 is 3.53. The molecule has 0 aliphatic heterocycles. The summed E-state index contributed by atoms with van der Waals surface area (Å²) in [5, 5.41) is 0. The predicted octanol–water partition coefficient (Wildman–Crippen LogP) is 3.54. The van der Waals surface area contributed by atoms with Crippen LogP contribution in [-0.2, 0) is 22.9 Å². The van der Waals surface area contributed by atoms with Gasteiger partial charge < -0.3 is 0 Å². The van der Waals surface area contributed by atoms with Crippen molar-refractivity contribution in [3.8, 4) is 0 Å². The number of rotatable bonds is 2. The van der Waals surface area contributed by atoms with Gasteiger partial charge in [0.05, 0.1) is 0 Å². The first-order chi connectivity index (χ1) is 6.27. The van der Waals surface area contributed by atoms with E-state index in [1.54, 1.807) is 17.8 Å². The molecule has 0 bridgehead atoms. The van der Waals surface area contributed by atoms with Gasteiger partial charge in [-0.15, -0.1) is 0 Å². The minimum atomic E-state index is -0.636. The first-order valence-electron chi connectivity index (χ1n) is 4.77. The zero-order valence-electron chi connectivity index (χ0n) is 8.22. The van der Waals surface area contributed by atoms with Gasteiger partial charge in [0.25, 0.3) is 0 Å². The molecule has 0 nitrogen and oxygen atoms in total. The number of hydrogen-bond donors (Lipinski definition) is 0. The fraction of sp³-hybridized carbons (Fsp3) is 0.333. The molecular weight excluding hydrogens is 323 g/mol. The van der Waals surface area contributed by atoms with E-state index in [9.17, 15) is 0 Å². The molecule has 0 N–H and O–H groups in total. The van der Waals surface area contributed by atoms with Crippen LogP contribution in [-0.4, -0.2) is 0 Å². The van der Waals surface area contributed by atoms with Crippen molar-refractivity contribution in [3.05, 3.63) is 42.1 Å². The van der Waals surface area contributed by atoms with Crippen molar-refractivity contribution in [2.24, 2.45) is 0 Å². The van der Waals surface area contributed by atoms with E-state index in [4.69, 9.17) is 0 Å². The van der Waals surface area contributed by atoms with E-state index in [2.05, 4.69) is 38.2 Å². The quantitative estimate of drug-likeness (QED) is 0.677. The van der Waals surface area contributed by atoms with Gasteiger partial charge in [0, 0.05) is 0 Å². The normalized spacial score (nSPS) is 20.8. The van der Waals surface area contributed by atoms with E-state index in [-0.39, 0.29) is 0 Å². The van der Waals surface area contributed by atoms with Gasteiger partial charge in [0.15, 0.2) is 0 Å². The zero-order valence-corrected chi connectivity index (χ0v) is 11.8. The van der Waals surface area contributed by atoms with Gasteiger partial charge in [-0.05, 0) is 0 Å². The molecule has 0 amide bonds. The predicted molar refractivity (Wildman–Crippen MR) is 52.9 cm³/mol. The topological polar surface area (TPSA) is 0 Å². The average molecular weight is 337 g/mol. The maximum absolute atomic E-state index is 2.39. The molecule has 13 heavy (non-hydrogen) atoms. The third-order valence-electron chi connectivity index (χ3n) is 2.59. The molecule has 2 rings (SSSR count). The van der Waals surface area contributed by atoms with Gasteiger partial charge in [0.1, 0.15) is 0 Å². The molecule has 1 heteroatoms. The first-order valence-corrected chi connectivity index (χ1v) is 8.36. The molecule has 0 atom stereocenters. The van der Waals surface area contributed by atoms with E-state index in [0.717, 1.165) is 0 Å². The van der Waals surface area contributed by atoms with Crippen LogP contribution in [0.1, 0.15) is 26.7 Å². The average Bonchev–Trinajstić information content (AvgIpc) is 2.70. The van der Waals surface area contributed by atoms with E-state index >= 15 is 0 Å². The molecule has 66 valence electrons. The van der Waals surface area contributed by atoms with Gasteiger partial charge in [-0.25, -0.2) is 0 Å². The van der Waals surface area contributed by atoms with Crippen LogP contribution in [0.15, 0.2) is 42.1 Å². The molecule has 0 saturated carbocycles. The van der Waals surface area contributed by atoms with Crippen LogP contribution < -0.4 is 0 Å². The minimum absolute atomic E-state index is 0.636. The first kappa shape index (κ1) is 9.39. The van der Waals surface area contributed by atoms with E-state index in [1.165, 1.54) is 12.8 Å². The molecule has 0 aromatic heterocycles. The Morgan fingerprint density at radius 3 is 2.62 bits per heavy atom. The summed E-state index contributed by atoms with van der Waals surface area (Å²) in [6.45, 7) is 4.58. The Hall–Kier alpha value is -0.170. The summed E-state index contributed by atoms with van der Waals surface area (Å²) in [6, 6.07) is 0. The Morgan fingerprint density at radius 1 is 1.23 bits per heavy atom. The SMILES string of the molecule is CC1=CCC(C)=[C]1[Hf][C]1=CC=CC1. The monoisotopic (exact) mass is 338 g/mol. The third kappa shape index (κ3) is 2.01. The standard InChI is InChI=1S/C7H9.C5H5.Hf/c1-6-3-4-7(2)5-6;1-2-4-5-3-1;/h3H,4H2,1-2H3;1-3H,4H2;. The molecule has 0 saturated heterocycles. The molecule has 2 aliphatic carbocycles. The summed E-state index contributed by atoms with van der Waals surface area (Å²) in [5.41, 5.74) is 3.22. The van der Waals surface area contributed by atoms with Crippen LogP contribution in [0.2, 0.25) is 0 Å². The Morgan fingerprint density at radius 2 is 2.08 bits per heavy atom. The second-order valence-electron chi connectivity index (χ2n) is 3.70. The van der Waals surface area contributed by atoms with Crippen LogP contribution in [0, 0.1) is 0 Å². The second kappa shape index (κ2) is 3.91. The van der Waals surface area contributed by atoms with Crippen molar-refractivity contribution >= 4 is 0 Å². The molecular formula is C12H14Hf. The van der Waals surface area contributed by atoms with Crippen LogP contribution in [0.25, 0.3) is 0 Å². The van der Waals surface area contributed by atoms with Gasteiger partial charge in [-0.2, -0.15) is 0 Å². The van der Waals surface area contributed by atoms with Crippen LogP contribution >= 0.6 is 0 Å².